The number of benzene rings is 2. The van der Waals surface area contributed by atoms with Crippen LogP contribution in [-0.4, -0.2) is 57.2 Å². The van der Waals surface area contributed by atoms with Crippen molar-refractivity contribution in [3.05, 3.63) is 54.1 Å². The van der Waals surface area contributed by atoms with E-state index in [4.69, 9.17) is 4.74 Å². The molecule has 2 aliphatic heterocycles. The number of amides is 1. The molecule has 0 radical (unpaired) electrons. The summed E-state index contributed by atoms with van der Waals surface area (Å²) in [6.07, 6.45) is 1.49. The maximum atomic E-state index is 12.4. The van der Waals surface area contributed by atoms with Crippen LogP contribution in [-0.2, 0) is 11.2 Å². The summed E-state index contributed by atoms with van der Waals surface area (Å²) < 4.78 is 5.50. The molecule has 2 aromatic carbocycles. The molecule has 0 saturated carbocycles. The number of ether oxygens (including phenoxy) is 1. The van der Waals surface area contributed by atoms with Gasteiger partial charge >= 0.3 is 0 Å². The Labute approximate surface area is 161 Å². The quantitative estimate of drug-likeness (QED) is 0.816. The van der Waals surface area contributed by atoms with Gasteiger partial charge in [-0.15, -0.1) is 0 Å². The van der Waals surface area contributed by atoms with E-state index >= 15 is 0 Å². The van der Waals surface area contributed by atoms with Crippen LogP contribution in [0.15, 0.2) is 48.5 Å². The molecule has 1 saturated heterocycles. The minimum atomic E-state index is 0.251. The van der Waals surface area contributed by atoms with Crippen molar-refractivity contribution in [3.8, 4) is 5.75 Å². The van der Waals surface area contributed by atoms with Crippen LogP contribution in [0, 0.1) is 0 Å². The second-order valence-corrected chi connectivity index (χ2v) is 7.17. The lowest BCUT2D eigenvalue weighted by molar-refractivity contribution is -0.118. The molecule has 0 unspecified atom stereocenters. The fourth-order valence-corrected chi connectivity index (χ4v) is 4.09. The first-order valence-electron chi connectivity index (χ1n) is 9.75. The van der Waals surface area contributed by atoms with E-state index in [0.29, 0.717) is 6.42 Å². The molecule has 0 N–H and O–H groups in total. The second kappa shape index (κ2) is 8.01. The summed E-state index contributed by atoms with van der Waals surface area (Å²) in [5, 5.41) is 0. The number of carbonyl (C=O) groups is 1. The molecule has 0 aliphatic carbocycles. The summed E-state index contributed by atoms with van der Waals surface area (Å²) in [6, 6.07) is 16.5. The molecule has 1 fully saturated rings. The van der Waals surface area contributed by atoms with Gasteiger partial charge in [0.1, 0.15) is 5.75 Å². The highest BCUT2D eigenvalue weighted by Crippen LogP contribution is 2.29. The average Bonchev–Trinajstić information content (AvgIpc) is 2.73. The van der Waals surface area contributed by atoms with Crippen LogP contribution >= 0.6 is 0 Å². The summed E-state index contributed by atoms with van der Waals surface area (Å²) in [6.45, 7) is 5.64. The van der Waals surface area contributed by atoms with Gasteiger partial charge in [0.05, 0.1) is 12.8 Å². The smallest absolute Gasteiger partial charge is 0.227 e. The number of fused-ring (bicyclic) bond motifs is 1. The first kappa shape index (κ1) is 17.9. The lowest BCUT2D eigenvalue weighted by Gasteiger charge is -2.38. The zero-order valence-electron chi connectivity index (χ0n) is 15.9. The van der Waals surface area contributed by atoms with Crippen molar-refractivity contribution in [3.63, 3.8) is 0 Å². The number of carbonyl (C=O) groups excluding carboxylic acids is 1. The molecule has 0 atom stereocenters. The highest BCUT2D eigenvalue weighted by Gasteiger charge is 2.25. The average molecular weight is 365 g/mol. The van der Waals surface area contributed by atoms with Gasteiger partial charge < -0.3 is 14.5 Å². The topological polar surface area (TPSA) is 36.0 Å². The van der Waals surface area contributed by atoms with Crippen molar-refractivity contribution in [1.82, 2.24) is 4.90 Å². The first-order valence-corrected chi connectivity index (χ1v) is 9.75. The maximum absolute atomic E-state index is 12.4. The third-order valence-corrected chi connectivity index (χ3v) is 5.63. The van der Waals surface area contributed by atoms with Gasteiger partial charge in [0, 0.05) is 51.4 Å². The number of hydrogen-bond acceptors (Lipinski definition) is 4. The molecule has 0 aromatic heterocycles. The van der Waals surface area contributed by atoms with Gasteiger partial charge in [0.15, 0.2) is 0 Å². The monoisotopic (exact) mass is 365 g/mol. The van der Waals surface area contributed by atoms with Crippen LogP contribution in [0.25, 0.3) is 0 Å². The Morgan fingerprint density at radius 1 is 0.852 bits per heavy atom. The molecule has 5 nitrogen and oxygen atoms in total. The van der Waals surface area contributed by atoms with Crippen LogP contribution in [0.2, 0.25) is 0 Å². The first-order chi connectivity index (χ1) is 13.3. The molecule has 1 amide bonds. The van der Waals surface area contributed by atoms with E-state index in [-0.39, 0.29) is 5.91 Å². The predicted octanol–water partition coefficient (Wildman–Crippen LogP) is 2.80. The van der Waals surface area contributed by atoms with Gasteiger partial charge in [-0.3, -0.25) is 9.69 Å². The number of anilines is 2. The van der Waals surface area contributed by atoms with Gasteiger partial charge in [0.2, 0.25) is 5.91 Å². The van der Waals surface area contributed by atoms with Crippen LogP contribution in [0.1, 0.15) is 12.0 Å². The molecule has 2 aromatic rings. The van der Waals surface area contributed by atoms with E-state index in [1.165, 1.54) is 11.3 Å². The molecular formula is C22H27N3O2. The molecule has 4 rings (SSSR count). The van der Waals surface area contributed by atoms with Crippen LogP contribution < -0.4 is 14.5 Å². The highest BCUT2D eigenvalue weighted by atomic mass is 16.5. The molecule has 27 heavy (non-hydrogen) atoms. The summed E-state index contributed by atoms with van der Waals surface area (Å²) >= 11 is 0. The number of hydrogen-bond donors (Lipinski definition) is 0. The third-order valence-electron chi connectivity index (χ3n) is 5.63. The Kier molecular flexibility index (Phi) is 5.30. The minimum Gasteiger partial charge on any atom is -0.495 e. The molecule has 2 aliphatic rings. The van der Waals surface area contributed by atoms with E-state index < -0.39 is 0 Å². The summed E-state index contributed by atoms with van der Waals surface area (Å²) in [7, 11) is 1.72. The van der Waals surface area contributed by atoms with E-state index in [1.54, 1.807) is 7.11 Å². The SMILES string of the molecule is COc1ccccc1N1CCN(CCN2C(=O)CCc3ccccc32)CC1. The van der Waals surface area contributed by atoms with E-state index in [2.05, 4.69) is 40.1 Å². The number of rotatable bonds is 5. The van der Waals surface area contributed by atoms with Crippen LogP contribution in [0.4, 0.5) is 11.4 Å². The molecule has 0 bridgehead atoms. The Bertz CT molecular complexity index is 800. The van der Waals surface area contributed by atoms with Gasteiger partial charge in [-0.2, -0.15) is 0 Å². The van der Waals surface area contributed by atoms with Gasteiger partial charge in [0.25, 0.3) is 0 Å². The molecular weight excluding hydrogens is 338 g/mol. The van der Waals surface area contributed by atoms with Gasteiger partial charge in [-0.05, 0) is 30.2 Å². The molecule has 0 spiro atoms. The van der Waals surface area contributed by atoms with Gasteiger partial charge in [-0.25, -0.2) is 0 Å². The Morgan fingerprint density at radius 3 is 2.33 bits per heavy atom. The lowest BCUT2D eigenvalue weighted by Crippen LogP contribution is -2.49. The van der Waals surface area contributed by atoms with Crippen LogP contribution in [0.3, 0.4) is 0 Å². The number of piperazine rings is 1. The summed E-state index contributed by atoms with van der Waals surface area (Å²) in [4.78, 5) is 19.2. The zero-order valence-corrected chi connectivity index (χ0v) is 15.9. The van der Waals surface area contributed by atoms with Gasteiger partial charge in [-0.1, -0.05) is 30.3 Å². The minimum absolute atomic E-state index is 0.251. The summed E-state index contributed by atoms with van der Waals surface area (Å²) in [5.41, 5.74) is 3.55. The Balaban J connectivity index is 1.34. The largest absolute Gasteiger partial charge is 0.495 e. The van der Waals surface area contributed by atoms with Crippen molar-refractivity contribution in [2.45, 2.75) is 12.8 Å². The normalized spacial score (nSPS) is 17.7. The summed E-state index contributed by atoms with van der Waals surface area (Å²) in [5.74, 6) is 1.18. The highest BCUT2D eigenvalue weighted by molar-refractivity contribution is 5.96. The Morgan fingerprint density at radius 2 is 1.56 bits per heavy atom. The van der Waals surface area contributed by atoms with Crippen molar-refractivity contribution >= 4 is 17.3 Å². The third kappa shape index (κ3) is 3.78. The van der Waals surface area contributed by atoms with E-state index in [1.807, 2.05) is 23.1 Å². The number of methoxy groups -OCH3 is 1. The van der Waals surface area contributed by atoms with E-state index in [9.17, 15) is 4.79 Å². The number of para-hydroxylation sites is 3. The fourth-order valence-electron chi connectivity index (χ4n) is 4.09. The van der Waals surface area contributed by atoms with E-state index in [0.717, 1.165) is 57.1 Å². The van der Waals surface area contributed by atoms with Crippen molar-refractivity contribution in [2.75, 3.05) is 56.2 Å². The fraction of sp³-hybridized carbons (Fsp3) is 0.409. The maximum Gasteiger partial charge on any atom is 0.227 e. The second-order valence-electron chi connectivity index (χ2n) is 7.17. The Hall–Kier alpha value is -2.53. The van der Waals surface area contributed by atoms with Crippen molar-refractivity contribution in [2.24, 2.45) is 0 Å². The zero-order chi connectivity index (χ0) is 18.6. The van der Waals surface area contributed by atoms with Crippen molar-refractivity contribution < 1.29 is 9.53 Å². The standard InChI is InChI=1S/C22H27N3O2/c1-27-21-9-5-4-8-20(21)24-15-12-23(13-16-24)14-17-25-19-7-3-2-6-18(19)10-11-22(25)26/h2-9H,10-17H2,1H3. The van der Waals surface area contributed by atoms with Crippen molar-refractivity contribution in [1.29, 1.82) is 0 Å². The molecule has 142 valence electrons. The lowest BCUT2D eigenvalue weighted by atomic mass is 10.0. The predicted molar refractivity (Wildman–Crippen MR) is 109 cm³/mol. The number of nitrogens with zero attached hydrogens (tertiary/aromatic N) is 3. The van der Waals surface area contributed by atoms with Crippen LogP contribution in [0.5, 0.6) is 5.75 Å². The molecule has 5 heteroatoms. The molecule has 2 heterocycles. The number of aryl methyl sites for hydroxylation is 1.